The van der Waals surface area contributed by atoms with Crippen LogP contribution in [0.5, 0.6) is 0 Å². The number of nitrogens with zero attached hydrogens (tertiary/aromatic N) is 1. The Kier molecular flexibility index (Phi) is 3.76. The van der Waals surface area contributed by atoms with Gasteiger partial charge < -0.3 is 10.0 Å². The first-order valence-electron chi connectivity index (χ1n) is 8.60. The molecule has 26 heavy (non-hydrogen) atoms. The number of carbonyl (C=O) groups is 2. The Morgan fingerprint density at radius 2 is 1.69 bits per heavy atom. The van der Waals surface area contributed by atoms with E-state index >= 15 is 0 Å². The summed E-state index contributed by atoms with van der Waals surface area (Å²) in [6.45, 7) is 2.15. The molecule has 0 saturated heterocycles. The second-order valence-electron chi connectivity index (χ2n) is 6.95. The number of hydrogen-bond acceptors (Lipinski definition) is 2. The first-order valence-corrected chi connectivity index (χ1v) is 8.60. The minimum Gasteiger partial charge on any atom is -0.481 e. The van der Waals surface area contributed by atoms with Crippen molar-refractivity contribution in [3.63, 3.8) is 0 Å². The quantitative estimate of drug-likeness (QED) is 0.774. The molecule has 1 amide bonds. The zero-order valence-electron chi connectivity index (χ0n) is 14.5. The highest BCUT2D eigenvalue weighted by molar-refractivity contribution is 6.09. The second-order valence-corrected chi connectivity index (χ2v) is 6.95. The number of carboxylic acids is 1. The van der Waals surface area contributed by atoms with E-state index in [0.29, 0.717) is 6.54 Å². The fraction of sp³-hybridized carbons (Fsp3) is 0.182. The van der Waals surface area contributed by atoms with Crippen molar-refractivity contribution in [2.24, 2.45) is 0 Å². The van der Waals surface area contributed by atoms with Gasteiger partial charge in [0.15, 0.2) is 0 Å². The summed E-state index contributed by atoms with van der Waals surface area (Å²) in [5, 5.41) is 11.6. The number of rotatable bonds is 4. The Balaban J connectivity index is 1.80. The van der Waals surface area contributed by atoms with E-state index in [1.165, 1.54) is 0 Å². The molecule has 1 heterocycles. The topological polar surface area (TPSA) is 57.6 Å². The Labute approximate surface area is 151 Å². The molecule has 0 radical (unpaired) electrons. The van der Waals surface area contributed by atoms with Crippen molar-refractivity contribution in [1.29, 1.82) is 0 Å². The molecule has 0 spiro atoms. The zero-order chi connectivity index (χ0) is 18.3. The molecular weight excluding hydrogens is 326 g/mol. The van der Waals surface area contributed by atoms with Crippen LogP contribution in [-0.2, 0) is 21.5 Å². The summed E-state index contributed by atoms with van der Waals surface area (Å²) < 4.78 is 0. The van der Waals surface area contributed by atoms with Crippen molar-refractivity contribution in [3.05, 3.63) is 77.9 Å². The van der Waals surface area contributed by atoms with Crippen molar-refractivity contribution >= 4 is 28.3 Å². The summed E-state index contributed by atoms with van der Waals surface area (Å²) in [5.74, 6) is -1.13. The van der Waals surface area contributed by atoms with E-state index in [-0.39, 0.29) is 12.3 Å². The van der Waals surface area contributed by atoms with Gasteiger partial charge in [-0.25, -0.2) is 0 Å². The Morgan fingerprint density at radius 3 is 2.50 bits per heavy atom. The second kappa shape index (κ2) is 5.99. The molecule has 0 aliphatic carbocycles. The number of hydrogen-bond donors (Lipinski definition) is 1. The molecule has 0 fully saturated rings. The monoisotopic (exact) mass is 345 g/mol. The largest absolute Gasteiger partial charge is 0.481 e. The summed E-state index contributed by atoms with van der Waals surface area (Å²) in [5.41, 5.74) is 1.60. The highest BCUT2D eigenvalue weighted by Crippen LogP contribution is 2.44. The average Bonchev–Trinajstić information content (AvgIpc) is 2.84. The highest BCUT2D eigenvalue weighted by atomic mass is 16.4. The van der Waals surface area contributed by atoms with E-state index < -0.39 is 11.4 Å². The average molecular weight is 345 g/mol. The van der Waals surface area contributed by atoms with Gasteiger partial charge in [-0.1, -0.05) is 60.7 Å². The normalized spacial score (nSPS) is 19.0. The summed E-state index contributed by atoms with van der Waals surface area (Å²) in [4.78, 5) is 26.3. The van der Waals surface area contributed by atoms with E-state index in [1.807, 2.05) is 66.7 Å². The van der Waals surface area contributed by atoms with Gasteiger partial charge >= 0.3 is 5.97 Å². The molecule has 4 rings (SSSR count). The van der Waals surface area contributed by atoms with Crippen LogP contribution in [0.3, 0.4) is 0 Å². The Bertz CT molecular complexity index is 1020. The first-order chi connectivity index (χ1) is 12.5. The number of fused-ring (bicyclic) bond motifs is 2. The lowest BCUT2D eigenvalue weighted by Gasteiger charge is -2.23. The van der Waals surface area contributed by atoms with Crippen LogP contribution in [0.1, 0.15) is 24.5 Å². The summed E-state index contributed by atoms with van der Waals surface area (Å²) in [6.07, 6.45) is -0.213. The molecule has 1 aliphatic rings. The van der Waals surface area contributed by atoms with E-state index in [4.69, 9.17) is 0 Å². The molecule has 3 aromatic rings. The fourth-order valence-corrected chi connectivity index (χ4v) is 3.93. The molecule has 0 saturated carbocycles. The predicted octanol–water partition coefficient (Wildman–Crippen LogP) is 4.12. The van der Waals surface area contributed by atoms with E-state index in [0.717, 1.165) is 27.6 Å². The lowest BCUT2D eigenvalue weighted by atomic mass is 9.81. The molecule has 1 atom stereocenters. The molecule has 0 bridgehead atoms. The van der Waals surface area contributed by atoms with Gasteiger partial charge in [0.25, 0.3) is 0 Å². The van der Waals surface area contributed by atoms with Crippen LogP contribution in [0.2, 0.25) is 0 Å². The maximum absolute atomic E-state index is 13.2. The minimum atomic E-state index is -1.03. The van der Waals surface area contributed by atoms with Crippen LogP contribution < -0.4 is 4.90 Å². The van der Waals surface area contributed by atoms with E-state index in [1.54, 1.807) is 11.8 Å². The molecule has 0 aromatic heterocycles. The highest BCUT2D eigenvalue weighted by Gasteiger charge is 2.48. The lowest BCUT2D eigenvalue weighted by molar-refractivity contribution is -0.141. The number of para-hydroxylation sites is 1. The molecule has 4 heteroatoms. The number of aliphatic carboxylic acids is 1. The van der Waals surface area contributed by atoms with Crippen molar-refractivity contribution in [3.8, 4) is 0 Å². The molecule has 1 N–H and O–H groups in total. The van der Waals surface area contributed by atoms with Gasteiger partial charge in [0.1, 0.15) is 0 Å². The number of amides is 1. The first kappa shape index (κ1) is 16.3. The van der Waals surface area contributed by atoms with Crippen molar-refractivity contribution < 1.29 is 14.7 Å². The van der Waals surface area contributed by atoms with Gasteiger partial charge in [-0.2, -0.15) is 0 Å². The van der Waals surface area contributed by atoms with Crippen LogP contribution in [0, 0.1) is 0 Å². The SMILES string of the molecule is CC1(CC(=O)O)C(=O)N(Cc2cccc3ccccc23)c2ccccc21. The lowest BCUT2D eigenvalue weighted by Crippen LogP contribution is -2.39. The molecule has 1 aliphatic heterocycles. The Hall–Kier alpha value is -3.14. The molecular formula is C22H19NO3. The number of benzene rings is 3. The summed E-state index contributed by atoms with van der Waals surface area (Å²) in [6, 6.07) is 21.6. The fourth-order valence-electron chi connectivity index (χ4n) is 3.93. The third-order valence-corrected chi connectivity index (χ3v) is 5.22. The third kappa shape index (κ3) is 2.46. The van der Waals surface area contributed by atoms with Crippen LogP contribution in [-0.4, -0.2) is 17.0 Å². The smallest absolute Gasteiger partial charge is 0.304 e. The predicted molar refractivity (Wildman–Crippen MR) is 101 cm³/mol. The van der Waals surface area contributed by atoms with Gasteiger partial charge in [0.05, 0.1) is 18.4 Å². The maximum atomic E-state index is 13.2. The number of carboxylic acid groups (broad SMARTS) is 1. The van der Waals surface area contributed by atoms with Gasteiger partial charge in [-0.3, -0.25) is 9.59 Å². The Morgan fingerprint density at radius 1 is 1.00 bits per heavy atom. The van der Waals surface area contributed by atoms with E-state index in [2.05, 4.69) is 0 Å². The van der Waals surface area contributed by atoms with Crippen LogP contribution in [0.4, 0.5) is 5.69 Å². The van der Waals surface area contributed by atoms with Crippen molar-refractivity contribution in [1.82, 2.24) is 0 Å². The minimum absolute atomic E-state index is 0.158. The van der Waals surface area contributed by atoms with Crippen LogP contribution in [0.15, 0.2) is 66.7 Å². The number of carbonyl (C=O) groups excluding carboxylic acids is 1. The molecule has 1 unspecified atom stereocenters. The van der Waals surface area contributed by atoms with Crippen LogP contribution >= 0.6 is 0 Å². The summed E-state index contributed by atoms with van der Waals surface area (Å²) in [7, 11) is 0. The van der Waals surface area contributed by atoms with Gasteiger partial charge in [-0.05, 0) is 34.9 Å². The zero-order valence-corrected chi connectivity index (χ0v) is 14.5. The molecule has 130 valence electrons. The van der Waals surface area contributed by atoms with Gasteiger partial charge in [0.2, 0.25) is 5.91 Å². The molecule has 4 nitrogen and oxygen atoms in total. The van der Waals surface area contributed by atoms with Crippen molar-refractivity contribution in [2.45, 2.75) is 25.3 Å². The third-order valence-electron chi connectivity index (χ3n) is 5.22. The number of anilines is 1. The summed E-state index contributed by atoms with van der Waals surface area (Å²) >= 11 is 0. The standard InChI is InChI=1S/C22H19NO3/c1-22(13-20(24)25)18-11-4-5-12-19(18)23(21(22)26)14-16-9-6-8-15-7-2-3-10-17(15)16/h2-12H,13-14H2,1H3,(H,24,25). The van der Waals surface area contributed by atoms with Gasteiger partial charge in [-0.15, -0.1) is 0 Å². The van der Waals surface area contributed by atoms with Crippen molar-refractivity contribution in [2.75, 3.05) is 4.90 Å². The molecule has 3 aromatic carbocycles. The van der Waals surface area contributed by atoms with E-state index in [9.17, 15) is 14.7 Å². The van der Waals surface area contributed by atoms with Crippen LogP contribution in [0.25, 0.3) is 10.8 Å². The maximum Gasteiger partial charge on any atom is 0.304 e. The van der Waals surface area contributed by atoms with Gasteiger partial charge in [0, 0.05) is 5.69 Å².